The van der Waals surface area contributed by atoms with Gasteiger partial charge >= 0.3 is 0 Å². The number of aryl methyl sites for hydroxylation is 1. The molecule has 0 fully saturated rings. The minimum absolute atomic E-state index is 0.318. The summed E-state index contributed by atoms with van der Waals surface area (Å²) in [5, 5.41) is 0. The molecule has 1 heteroatoms. The van der Waals surface area contributed by atoms with Gasteiger partial charge in [0.2, 0.25) is 0 Å². The second kappa shape index (κ2) is 3.68. The number of rotatable bonds is 2. The van der Waals surface area contributed by atoms with Crippen molar-refractivity contribution in [3.63, 3.8) is 0 Å². The fourth-order valence-corrected chi connectivity index (χ4v) is 0.781. The topological polar surface area (TPSA) is 9.23 Å². The zero-order valence-corrected chi connectivity index (χ0v) is 6.42. The van der Waals surface area contributed by atoms with Crippen LogP contribution in [0.15, 0.2) is 18.2 Å². The van der Waals surface area contributed by atoms with E-state index in [1.807, 2.05) is 25.1 Å². The summed E-state index contributed by atoms with van der Waals surface area (Å²) < 4.78 is 5.22. The maximum absolute atomic E-state index is 5.22. The Morgan fingerprint density at radius 3 is 3.18 bits per heavy atom. The van der Waals surface area contributed by atoms with Crippen LogP contribution in [0.3, 0.4) is 0 Å². The van der Waals surface area contributed by atoms with Crippen molar-refractivity contribution < 1.29 is 4.74 Å². The maximum atomic E-state index is 5.22. The first-order chi connectivity index (χ1) is 5.34. The van der Waals surface area contributed by atoms with Gasteiger partial charge in [0, 0.05) is 0 Å². The maximum Gasteiger partial charge on any atom is 0.148 e. The summed E-state index contributed by atoms with van der Waals surface area (Å²) in [6.07, 6.45) is 5.04. The lowest BCUT2D eigenvalue weighted by atomic mass is 10.2. The molecule has 0 N–H and O–H groups in total. The Morgan fingerprint density at radius 2 is 2.55 bits per heavy atom. The van der Waals surface area contributed by atoms with Gasteiger partial charge in [-0.1, -0.05) is 18.1 Å². The molecular weight excluding hydrogens is 136 g/mol. The molecule has 11 heavy (non-hydrogen) atoms. The van der Waals surface area contributed by atoms with Crippen molar-refractivity contribution in [1.29, 1.82) is 0 Å². The summed E-state index contributed by atoms with van der Waals surface area (Å²) in [6, 6.07) is 8.61. The second-order valence-electron chi connectivity index (χ2n) is 2.15. The fourth-order valence-electron chi connectivity index (χ4n) is 0.781. The quantitative estimate of drug-likeness (QED) is 0.577. The smallest absolute Gasteiger partial charge is 0.148 e. The first-order valence-electron chi connectivity index (χ1n) is 3.38. The Kier molecular flexibility index (Phi) is 2.57. The molecule has 0 aliphatic rings. The molecular formula is C10H9O. The molecule has 0 atom stereocenters. The van der Waals surface area contributed by atoms with Crippen molar-refractivity contribution in [1.82, 2.24) is 0 Å². The summed E-state index contributed by atoms with van der Waals surface area (Å²) in [5.41, 5.74) is 0.989. The normalized spacial score (nSPS) is 8.73. The van der Waals surface area contributed by atoms with E-state index in [1.165, 1.54) is 0 Å². The molecule has 0 bridgehead atoms. The predicted molar refractivity (Wildman–Crippen MR) is 44.3 cm³/mol. The SMILES string of the molecule is C#CCOc1ccc[c]c1C. The first-order valence-corrected chi connectivity index (χ1v) is 3.38. The molecule has 1 nitrogen and oxygen atoms in total. The van der Waals surface area contributed by atoms with E-state index in [0.717, 1.165) is 11.3 Å². The van der Waals surface area contributed by atoms with E-state index in [9.17, 15) is 0 Å². The number of hydrogen-bond acceptors (Lipinski definition) is 1. The molecule has 55 valence electrons. The van der Waals surface area contributed by atoms with Gasteiger partial charge in [0.15, 0.2) is 0 Å². The zero-order valence-electron chi connectivity index (χ0n) is 6.42. The lowest BCUT2D eigenvalue weighted by Gasteiger charge is -2.03. The molecule has 0 heterocycles. The van der Waals surface area contributed by atoms with Crippen LogP contribution in [0.2, 0.25) is 0 Å². The largest absolute Gasteiger partial charge is 0.481 e. The van der Waals surface area contributed by atoms with Gasteiger partial charge in [-0.2, -0.15) is 0 Å². The molecule has 0 aliphatic heterocycles. The van der Waals surface area contributed by atoms with Crippen LogP contribution in [-0.4, -0.2) is 6.61 Å². The van der Waals surface area contributed by atoms with Crippen molar-refractivity contribution in [2.24, 2.45) is 0 Å². The summed E-state index contributed by atoms with van der Waals surface area (Å²) in [4.78, 5) is 0. The lowest BCUT2D eigenvalue weighted by Crippen LogP contribution is -1.94. The van der Waals surface area contributed by atoms with Crippen molar-refractivity contribution in [3.05, 3.63) is 29.8 Å². The van der Waals surface area contributed by atoms with Crippen LogP contribution in [0.1, 0.15) is 5.56 Å². The van der Waals surface area contributed by atoms with Crippen LogP contribution in [0.5, 0.6) is 5.75 Å². The number of benzene rings is 1. The number of hydrogen-bond donors (Lipinski definition) is 0. The molecule has 0 saturated carbocycles. The highest BCUT2D eigenvalue weighted by Gasteiger charge is 1.94. The average molecular weight is 145 g/mol. The Balaban J connectivity index is 2.71. The minimum Gasteiger partial charge on any atom is -0.481 e. The van der Waals surface area contributed by atoms with Gasteiger partial charge in [-0.25, -0.2) is 0 Å². The standard InChI is InChI=1S/C10H9O/c1-3-8-11-10-7-5-4-6-9(10)2/h1,4-5,7H,8H2,2H3. The average Bonchev–Trinajstić information content (AvgIpc) is 2.03. The zero-order chi connectivity index (χ0) is 8.10. The Morgan fingerprint density at radius 1 is 1.73 bits per heavy atom. The van der Waals surface area contributed by atoms with E-state index in [-0.39, 0.29) is 0 Å². The molecule has 0 aliphatic carbocycles. The van der Waals surface area contributed by atoms with Gasteiger partial charge in [0.25, 0.3) is 0 Å². The molecule has 0 amide bonds. The summed E-state index contributed by atoms with van der Waals surface area (Å²) in [7, 11) is 0. The molecule has 0 spiro atoms. The van der Waals surface area contributed by atoms with E-state index in [4.69, 9.17) is 11.2 Å². The summed E-state index contributed by atoms with van der Waals surface area (Å²) in [6.45, 7) is 2.25. The van der Waals surface area contributed by atoms with Gasteiger partial charge in [-0.3, -0.25) is 0 Å². The van der Waals surface area contributed by atoms with Gasteiger partial charge in [-0.05, 0) is 24.6 Å². The van der Waals surface area contributed by atoms with Gasteiger partial charge in [0.1, 0.15) is 12.4 Å². The second-order valence-corrected chi connectivity index (χ2v) is 2.15. The highest BCUT2D eigenvalue weighted by Crippen LogP contribution is 2.14. The van der Waals surface area contributed by atoms with Crippen LogP contribution in [-0.2, 0) is 0 Å². The van der Waals surface area contributed by atoms with Crippen LogP contribution >= 0.6 is 0 Å². The highest BCUT2D eigenvalue weighted by atomic mass is 16.5. The number of ether oxygens (including phenoxy) is 1. The fraction of sp³-hybridized carbons (Fsp3) is 0.200. The monoisotopic (exact) mass is 145 g/mol. The van der Waals surface area contributed by atoms with E-state index < -0.39 is 0 Å². The molecule has 1 radical (unpaired) electrons. The Bertz CT molecular complexity index is 270. The van der Waals surface area contributed by atoms with Crippen molar-refractivity contribution >= 4 is 0 Å². The third-order valence-electron chi connectivity index (χ3n) is 1.32. The third kappa shape index (κ3) is 2.01. The molecule has 1 aromatic rings. The molecule has 1 rings (SSSR count). The molecule has 1 aromatic carbocycles. The van der Waals surface area contributed by atoms with Crippen molar-refractivity contribution in [3.8, 4) is 18.1 Å². The van der Waals surface area contributed by atoms with Crippen molar-refractivity contribution in [2.45, 2.75) is 6.92 Å². The molecule has 0 unspecified atom stereocenters. The first kappa shape index (κ1) is 7.68. The highest BCUT2D eigenvalue weighted by molar-refractivity contribution is 5.30. The van der Waals surface area contributed by atoms with Gasteiger partial charge in [-0.15, -0.1) is 6.42 Å². The summed E-state index contributed by atoms with van der Waals surface area (Å²) >= 11 is 0. The third-order valence-corrected chi connectivity index (χ3v) is 1.32. The van der Waals surface area contributed by atoms with E-state index in [2.05, 4.69) is 12.0 Å². The number of terminal acetylenes is 1. The van der Waals surface area contributed by atoms with Crippen LogP contribution < -0.4 is 4.74 Å². The minimum atomic E-state index is 0.318. The Labute approximate surface area is 67.0 Å². The predicted octanol–water partition coefficient (Wildman–Crippen LogP) is 1.81. The van der Waals surface area contributed by atoms with Gasteiger partial charge < -0.3 is 4.74 Å². The van der Waals surface area contributed by atoms with Crippen LogP contribution in [0.25, 0.3) is 0 Å². The molecule has 0 aromatic heterocycles. The lowest BCUT2D eigenvalue weighted by molar-refractivity contribution is 0.367. The van der Waals surface area contributed by atoms with Gasteiger partial charge in [0.05, 0.1) is 0 Å². The van der Waals surface area contributed by atoms with E-state index >= 15 is 0 Å². The van der Waals surface area contributed by atoms with E-state index in [1.54, 1.807) is 0 Å². The van der Waals surface area contributed by atoms with Crippen LogP contribution in [0, 0.1) is 25.3 Å². The summed E-state index contributed by atoms with van der Waals surface area (Å²) in [5.74, 6) is 3.22. The van der Waals surface area contributed by atoms with E-state index in [0.29, 0.717) is 6.61 Å². The Hall–Kier alpha value is -1.42. The van der Waals surface area contributed by atoms with Crippen LogP contribution in [0.4, 0.5) is 0 Å². The molecule has 0 saturated heterocycles. The van der Waals surface area contributed by atoms with Crippen molar-refractivity contribution in [2.75, 3.05) is 6.61 Å².